The second-order valence-electron chi connectivity index (χ2n) is 4.30. The SMILES string of the molecule is C=C(C)CN(C)S(=O)(=O)c1cccc(C(C)=O)c1. The van der Waals surface area contributed by atoms with Gasteiger partial charge in [-0.3, -0.25) is 4.79 Å². The van der Waals surface area contributed by atoms with Crippen LogP contribution in [0, 0.1) is 0 Å². The molecule has 5 heteroatoms. The molecule has 0 bridgehead atoms. The van der Waals surface area contributed by atoms with Crippen LogP contribution in [0.3, 0.4) is 0 Å². The molecule has 0 amide bonds. The van der Waals surface area contributed by atoms with Crippen molar-refractivity contribution in [2.24, 2.45) is 0 Å². The van der Waals surface area contributed by atoms with Gasteiger partial charge >= 0.3 is 0 Å². The quantitative estimate of drug-likeness (QED) is 0.606. The van der Waals surface area contributed by atoms with Crippen LogP contribution in [0.4, 0.5) is 0 Å². The first kappa shape index (κ1) is 14.6. The third kappa shape index (κ3) is 3.27. The number of likely N-dealkylation sites (N-methyl/N-ethyl adjacent to an activating group) is 1. The van der Waals surface area contributed by atoms with Crippen molar-refractivity contribution in [2.45, 2.75) is 18.7 Å². The van der Waals surface area contributed by atoms with Gasteiger partial charge in [-0.2, -0.15) is 4.31 Å². The summed E-state index contributed by atoms with van der Waals surface area (Å²) in [6.45, 7) is 7.11. The molecule has 0 atom stereocenters. The molecule has 1 aromatic carbocycles. The maximum atomic E-state index is 12.2. The number of benzene rings is 1. The summed E-state index contributed by atoms with van der Waals surface area (Å²) >= 11 is 0. The highest BCUT2D eigenvalue weighted by molar-refractivity contribution is 7.89. The average Bonchev–Trinajstić information content (AvgIpc) is 2.28. The monoisotopic (exact) mass is 267 g/mol. The molecule has 0 spiro atoms. The van der Waals surface area contributed by atoms with Crippen LogP contribution in [0.1, 0.15) is 24.2 Å². The van der Waals surface area contributed by atoms with Crippen LogP contribution in [-0.4, -0.2) is 32.1 Å². The van der Waals surface area contributed by atoms with Crippen molar-refractivity contribution in [3.8, 4) is 0 Å². The molecule has 0 aromatic heterocycles. The number of sulfonamides is 1. The number of hydrogen-bond acceptors (Lipinski definition) is 3. The number of ketones is 1. The standard InChI is InChI=1S/C13H17NO3S/c1-10(2)9-14(4)18(16,17)13-7-5-6-12(8-13)11(3)15/h5-8H,1,9H2,2-4H3. The molecule has 0 saturated carbocycles. The predicted molar refractivity (Wildman–Crippen MR) is 71.1 cm³/mol. The van der Waals surface area contributed by atoms with Crippen LogP contribution in [0.5, 0.6) is 0 Å². The van der Waals surface area contributed by atoms with Gasteiger partial charge in [0.15, 0.2) is 5.78 Å². The van der Waals surface area contributed by atoms with Crippen LogP contribution in [0.2, 0.25) is 0 Å². The Bertz CT molecular complexity index is 576. The van der Waals surface area contributed by atoms with Crippen molar-refractivity contribution in [3.63, 3.8) is 0 Å². The lowest BCUT2D eigenvalue weighted by Gasteiger charge is -2.17. The van der Waals surface area contributed by atoms with Crippen LogP contribution in [0.15, 0.2) is 41.3 Å². The van der Waals surface area contributed by atoms with E-state index in [-0.39, 0.29) is 17.2 Å². The number of rotatable bonds is 5. The van der Waals surface area contributed by atoms with E-state index < -0.39 is 10.0 Å². The van der Waals surface area contributed by atoms with Crippen molar-refractivity contribution >= 4 is 15.8 Å². The molecule has 1 rings (SSSR count). The van der Waals surface area contributed by atoms with E-state index in [1.807, 2.05) is 0 Å². The second-order valence-corrected chi connectivity index (χ2v) is 6.35. The summed E-state index contributed by atoms with van der Waals surface area (Å²) in [5.41, 5.74) is 1.14. The van der Waals surface area contributed by atoms with Crippen molar-refractivity contribution in [1.82, 2.24) is 4.31 Å². The van der Waals surface area contributed by atoms with Crippen LogP contribution >= 0.6 is 0 Å². The van der Waals surface area contributed by atoms with Crippen molar-refractivity contribution in [2.75, 3.05) is 13.6 Å². The number of nitrogens with zero attached hydrogens (tertiary/aromatic N) is 1. The summed E-state index contributed by atoms with van der Waals surface area (Å²) in [5.74, 6) is -0.158. The third-order valence-corrected chi connectivity index (χ3v) is 4.24. The Balaban J connectivity index is 3.16. The third-order valence-electron chi connectivity index (χ3n) is 2.44. The molecule has 0 heterocycles. The van der Waals surface area contributed by atoms with E-state index in [0.717, 1.165) is 5.57 Å². The minimum absolute atomic E-state index is 0.124. The molecule has 0 unspecified atom stereocenters. The molecule has 0 aliphatic rings. The zero-order valence-corrected chi connectivity index (χ0v) is 11.6. The van der Waals surface area contributed by atoms with E-state index >= 15 is 0 Å². The van der Waals surface area contributed by atoms with Gasteiger partial charge in [0.2, 0.25) is 10.0 Å². The lowest BCUT2D eigenvalue weighted by Crippen LogP contribution is -2.28. The van der Waals surface area contributed by atoms with Gasteiger partial charge in [0.1, 0.15) is 0 Å². The summed E-state index contributed by atoms with van der Waals surface area (Å²) in [4.78, 5) is 11.4. The smallest absolute Gasteiger partial charge is 0.243 e. The predicted octanol–water partition coefficient (Wildman–Crippen LogP) is 2.09. The van der Waals surface area contributed by atoms with Crippen LogP contribution in [-0.2, 0) is 10.0 Å². The molecule has 18 heavy (non-hydrogen) atoms. The van der Waals surface area contributed by atoms with Gasteiger partial charge in [0.05, 0.1) is 4.90 Å². The zero-order valence-electron chi connectivity index (χ0n) is 10.8. The minimum atomic E-state index is -3.57. The van der Waals surface area contributed by atoms with Gasteiger partial charge in [0, 0.05) is 19.2 Å². The molecule has 0 aliphatic heterocycles. The lowest BCUT2D eigenvalue weighted by atomic mass is 10.2. The topological polar surface area (TPSA) is 54.5 Å². The van der Waals surface area contributed by atoms with Crippen LogP contribution < -0.4 is 0 Å². The highest BCUT2D eigenvalue weighted by atomic mass is 32.2. The average molecular weight is 267 g/mol. The van der Waals surface area contributed by atoms with Gasteiger partial charge in [-0.1, -0.05) is 24.3 Å². The fourth-order valence-corrected chi connectivity index (χ4v) is 2.80. The normalized spacial score (nSPS) is 11.6. The summed E-state index contributed by atoms with van der Waals surface area (Å²) in [5, 5.41) is 0. The number of carbonyl (C=O) groups excluding carboxylic acids is 1. The number of hydrogen-bond donors (Lipinski definition) is 0. The van der Waals surface area contributed by atoms with Gasteiger partial charge in [-0.25, -0.2) is 8.42 Å². The van der Waals surface area contributed by atoms with E-state index in [1.54, 1.807) is 19.1 Å². The molecule has 98 valence electrons. The molecule has 0 radical (unpaired) electrons. The molecule has 0 saturated heterocycles. The highest BCUT2D eigenvalue weighted by Gasteiger charge is 2.21. The molecule has 0 fully saturated rings. The molecular weight excluding hydrogens is 250 g/mol. The fraction of sp³-hybridized carbons (Fsp3) is 0.308. The maximum absolute atomic E-state index is 12.2. The Morgan fingerprint density at radius 3 is 2.44 bits per heavy atom. The molecule has 4 nitrogen and oxygen atoms in total. The van der Waals surface area contributed by atoms with Gasteiger partial charge < -0.3 is 0 Å². The molecule has 0 N–H and O–H groups in total. The summed E-state index contributed by atoms with van der Waals surface area (Å²) in [6, 6.07) is 6.04. The lowest BCUT2D eigenvalue weighted by molar-refractivity contribution is 0.101. The zero-order chi connectivity index (χ0) is 13.9. The first-order valence-corrected chi connectivity index (χ1v) is 6.91. The maximum Gasteiger partial charge on any atom is 0.243 e. The minimum Gasteiger partial charge on any atom is -0.295 e. The first-order chi connectivity index (χ1) is 8.25. The Morgan fingerprint density at radius 1 is 1.33 bits per heavy atom. The Labute approximate surface area is 108 Å². The number of carbonyl (C=O) groups is 1. The summed E-state index contributed by atoms with van der Waals surface area (Å²) in [6.07, 6.45) is 0. The largest absolute Gasteiger partial charge is 0.295 e. The van der Waals surface area contributed by atoms with Crippen molar-refractivity contribution < 1.29 is 13.2 Å². The summed E-state index contributed by atoms with van der Waals surface area (Å²) in [7, 11) is -2.08. The molecule has 0 aliphatic carbocycles. The van der Waals surface area contributed by atoms with Gasteiger partial charge in [-0.15, -0.1) is 0 Å². The van der Waals surface area contributed by atoms with E-state index in [4.69, 9.17) is 0 Å². The second kappa shape index (κ2) is 5.46. The Morgan fingerprint density at radius 2 is 1.94 bits per heavy atom. The first-order valence-electron chi connectivity index (χ1n) is 5.47. The Kier molecular flexibility index (Phi) is 4.43. The van der Waals surface area contributed by atoms with Gasteiger partial charge in [-0.05, 0) is 26.0 Å². The van der Waals surface area contributed by atoms with Crippen molar-refractivity contribution in [3.05, 3.63) is 42.0 Å². The van der Waals surface area contributed by atoms with Crippen molar-refractivity contribution in [1.29, 1.82) is 0 Å². The number of Topliss-reactive ketones (excluding diaryl/α,β-unsaturated/α-hetero) is 1. The highest BCUT2D eigenvalue weighted by Crippen LogP contribution is 2.17. The van der Waals surface area contributed by atoms with E-state index in [9.17, 15) is 13.2 Å². The van der Waals surface area contributed by atoms with Gasteiger partial charge in [0.25, 0.3) is 0 Å². The Hall–Kier alpha value is -1.46. The molecule has 1 aromatic rings. The van der Waals surface area contributed by atoms with E-state index in [0.29, 0.717) is 5.56 Å². The molecular formula is C13H17NO3S. The van der Waals surface area contributed by atoms with E-state index in [1.165, 1.54) is 30.4 Å². The summed E-state index contributed by atoms with van der Waals surface area (Å²) < 4.78 is 25.6. The van der Waals surface area contributed by atoms with E-state index in [2.05, 4.69) is 6.58 Å². The fourth-order valence-electron chi connectivity index (χ4n) is 1.52. The van der Waals surface area contributed by atoms with Crippen LogP contribution in [0.25, 0.3) is 0 Å².